The standard InChI is InChI=1S/C16H23NO3/c1-12(18)14-9-5-6-10-15(14)17-16(19)11-20-13-7-3-2-4-8-13/h5-6,9-10,12-13,18H,2-4,7-8,11H2,1H3,(H,17,19). The van der Waals surface area contributed by atoms with Gasteiger partial charge in [-0.1, -0.05) is 37.5 Å². The van der Waals surface area contributed by atoms with Crippen LogP contribution in [0.15, 0.2) is 24.3 Å². The normalized spacial score (nSPS) is 17.7. The molecule has 4 nitrogen and oxygen atoms in total. The minimum Gasteiger partial charge on any atom is -0.389 e. The smallest absolute Gasteiger partial charge is 0.250 e. The van der Waals surface area contributed by atoms with E-state index < -0.39 is 6.10 Å². The van der Waals surface area contributed by atoms with E-state index in [1.165, 1.54) is 19.3 Å². The van der Waals surface area contributed by atoms with Crippen molar-refractivity contribution in [3.8, 4) is 0 Å². The molecule has 0 heterocycles. The van der Waals surface area contributed by atoms with E-state index in [0.717, 1.165) is 18.4 Å². The van der Waals surface area contributed by atoms with Crippen molar-refractivity contribution in [2.75, 3.05) is 11.9 Å². The van der Waals surface area contributed by atoms with Gasteiger partial charge >= 0.3 is 0 Å². The molecule has 0 saturated heterocycles. The van der Waals surface area contributed by atoms with Gasteiger partial charge in [0.1, 0.15) is 6.61 Å². The van der Waals surface area contributed by atoms with Crippen molar-refractivity contribution in [2.45, 2.75) is 51.2 Å². The second-order valence-electron chi connectivity index (χ2n) is 5.38. The van der Waals surface area contributed by atoms with Gasteiger partial charge in [0.2, 0.25) is 5.91 Å². The van der Waals surface area contributed by atoms with Crippen LogP contribution in [0.1, 0.15) is 50.7 Å². The summed E-state index contributed by atoms with van der Waals surface area (Å²) in [6.07, 6.45) is 5.38. The van der Waals surface area contributed by atoms with Crippen LogP contribution in [0.5, 0.6) is 0 Å². The van der Waals surface area contributed by atoms with E-state index in [4.69, 9.17) is 4.74 Å². The lowest BCUT2D eigenvalue weighted by atomic mass is 9.98. The van der Waals surface area contributed by atoms with Crippen molar-refractivity contribution < 1.29 is 14.6 Å². The number of amides is 1. The van der Waals surface area contributed by atoms with Gasteiger partial charge in [-0.2, -0.15) is 0 Å². The summed E-state index contributed by atoms with van der Waals surface area (Å²) in [5.74, 6) is -0.163. The molecule has 0 bridgehead atoms. The Morgan fingerprint density at radius 3 is 2.75 bits per heavy atom. The van der Waals surface area contributed by atoms with E-state index in [9.17, 15) is 9.90 Å². The zero-order chi connectivity index (χ0) is 14.4. The number of carbonyl (C=O) groups excluding carboxylic acids is 1. The topological polar surface area (TPSA) is 58.6 Å². The van der Waals surface area contributed by atoms with Crippen LogP contribution in [0.4, 0.5) is 5.69 Å². The van der Waals surface area contributed by atoms with Gasteiger partial charge in [-0.05, 0) is 25.8 Å². The van der Waals surface area contributed by atoms with Crippen LogP contribution in [0, 0.1) is 0 Å². The molecule has 20 heavy (non-hydrogen) atoms. The highest BCUT2D eigenvalue weighted by molar-refractivity contribution is 5.92. The van der Waals surface area contributed by atoms with Crippen molar-refractivity contribution in [2.24, 2.45) is 0 Å². The second kappa shape index (κ2) is 7.41. The summed E-state index contributed by atoms with van der Waals surface area (Å²) >= 11 is 0. The number of aliphatic hydroxyl groups excluding tert-OH is 1. The van der Waals surface area contributed by atoms with Crippen LogP contribution >= 0.6 is 0 Å². The summed E-state index contributed by atoms with van der Waals surface area (Å²) in [7, 11) is 0. The Morgan fingerprint density at radius 1 is 1.35 bits per heavy atom. The van der Waals surface area contributed by atoms with Crippen LogP contribution in [-0.4, -0.2) is 23.7 Å². The van der Waals surface area contributed by atoms with Gasteiger partial charge in [0.15, 0.2) is 0 Å². The molecule has 0 aliphatic heterocycles. The van der Waals surface area contributed by atoms with Crippen molar-refractivity contribution in [3.05, 3.63) is 29.8 Å². The van der Waals surface area contributed by atoms with Gasteiger partial charge in [-0.15, -0.1) is 0 Å². The van der Waals surface area contributed by atoms with Crippen LogP contribution in [0.2, 0.25) is 0 Å². The zero-order valence-corrected chi connectivity index (χ0v) is 12.0. The third-order valence-electron chi connectivity index (χ3n) is 3.69. The molecule has 0 aromatic heterocycles. The SMILES string of the molecule is CC(O)c1ccccc1NC(=O)COC1CCCCC1. The number of nitrogens with one attached hydrogen (secondary N) is 1. The molecule has 1 saturated carbocycles. The minimum absolute atomic E-state index is 0.0822. The maximum absolute atomic E-state index is 11.9. The molecule has 0 radical (unpaired) electrons. The van der Waals surface area contributed by atoms with Crippen LogP contribution in [0.25, 0.3) is 0 Å². The molecule has 4 heteroatoms. The third kappa shape index (κ3) is 4.32. The molecule has 1 fully saturated rings. The molecule has 0 spiro atoms. The van der Waals surface area contributed by atoms with Crippen LogP contribution in [-0.2, 0) is 9.53 Å². The number of rotatable bonds is 5. The third-order valence-corrected chi connectivity index (χ3v) is 3.69. The van der Waals surface area contributed by atoms with Gasteiger partial charge in [0, 0.05) is 11.3 Å². The number of carbonyl (C=O) groups is 1. The Morgan fingerprint density at radius 2 is 2.05 bits per heavy atom. The Kier molecular flexibility index (Phi) is 5.56. The molecule has 1 aromatic carbocycles. The Labute approximate surface area is 120 Å². The molecule has 2 rings (SSSR count). The van der Waals surface area contributed by atoms with Crippen molar-refractivity contribution in [3.63, 3.8) is 0 Å². The number of ether oxygens (including phenoxy) is 1. The molecule has 1 aliphatic carbocycles. The first-order chi connectivity index (χ1) is 9.66. The summed E-state index contributed by atoms with van der Waals surface area (Å²) < 4.78 is 5.64. The Hall–Kier alpha value is -1.39. The summed E-state index contributed by atoms with van der Waals surface area (Å²) in [5.41, 5.74) is 1.37. The highest BCUT2D eigenvalue weighted by Gasteiger charge is 2.16. The van der Waals surface area contributed by atoms with Crippen molar-refractivity contribution in [1.29, 1.82) is 0 Å². The van der Waals surface area contributed by atoms with Gasteiger partial charge in [0.05, 0.1) is 12.2 Å². The molecule has 1 aliphatic rings. The fourth-order valence-electron chi connectivity index (χ4n) is 2.59. The number of para-hydroxylation sites is 1. The lowest BCUT2D eigenvalue weighted by Crippen LogP contribution is -2.25. The van der Waals surface area contributed by atoms with E-state index in [1.54, 1.807) is 13.0 Å². The number of benzene rings is 1. The van der Waals surface area contributed by atoms with E-state index >= 15 is 0 Å². The fourth-order valence-corrected chi connectivity index (χ4v) is 2.59. The predicted octanol–water partition coefficient (Wildman–Crippen LogP) is 3.03. The minimum atomic E-state index is -0.606. The van der Waals surface area contributed by atoms with E-state index in [1.807, 2.05) is 18.2 Å². The summed E-state index contributed by atoms with van der Waals surface area (Å²) in [5, 5.41) is 12.5. The molecular weight excluding hydrogens is 254 g/mol. The fraction of sp³-hybridized carbons (Fsp3) is 0.562. The second-order valence-corrected chi connectivity index (χ2v) is 5.38. The quantitative estimate of drug-likeness (QED) is 0.869. The average molecular weight is 277 g/mol. The molecule has 2 N–H and O–H groups in total. The maximum atomic E-state index is 11.9. The van der Waals surface area contributed by atoms with E-state index in [-0.39, 0.29) is 18.6 Å². The molecule has 1 aromatic rings. The Balaban J connectivity index is 1.85. The van der Waals surface area contributed by atoms with Gasteiger partial charge in [-0.25, -0.2) is 0 Å². The summed E-state index contributed by atoms with van der Waals surface area (Å²) in [4.78, 5) is 11.9. The number of hydrogen-bond donors (Lipinski definition) is 2. The summed E-state index contributed by atoms with van der Waals surface area (Å²) in [6, 6.07) is 7.28. The first-order valence-corrected chi connectivity index (χ1v) is 7.35. The average Bonchev–Trinajstić information content (AvgIpc) is 2.46. The van der Waals surface area contributed by atoms with Crippen molar-refractivity contribution in [1.82, 2.24) is 0 Å². The van der Waals surface area contributed by atoms with E-state index in [0.29, 0.717) is 5.69 Å². The van der Waals surface area contributed by atoms with Crippen LogP contribution < -0.4 is 5.32 Å². The highest BCUT2D eigenvalue weighted by atomic mass is 16.5. The molecule has 110 valence electrons. The maximum Gasteiger partial charge on any atom is 0.250 e. The molecule has 1 amide bonds. The van der Waals surface area contributed by atoms with Crippen molar-refractivity contribution >= 4 is 11.6 Å². The van der Waals surface area contributed by atoms with E-state index in [2.05, 4.69) is 5.32 Å². The summed E-state index contributed by atoms with van der Waals surface area (Å²) in [6.45, 7) is 1.77. The zero-order valence-electron chi connectivity index (χ0n) is 12.0. The number of hydrogen-bond acceptors (Lipinski definition) is 3. The highest BCUT2D eigenvalue weighted by Crippen LogP contribution is 2.23. The molecule has 1 atom stereocenters. The first kappa shape index (κ1) is 15.0. The van der Waals surface area contributed by atoms with Gasteiger partial charge in [0.25, 0.3) is 0 Å². The Bertz CT molecular complexity index is 439. The predicted molar refractivity (Wildman–Crippen MR) is 78.5 cm³/mol. The number of aliphatic hydroxyl groups is 1. The first-order valence-electron chi connectivity index (χ1n) is 7.35. The largest absolute Gasteiger partial charge is 0.389 e. The molecular formula is C16H23NO3. The van der Waals surface area contributed by atoms with Gasteiger partial charge in [-0.3, -0.25) is 4.79 Å². The van der Waals surface area contributed by atoms with Gasteiger partial charge < -0.3 is 15.2 Å². The van der Waals surface area contributed by atoms with Crippen LogP contribution in [0.3, 0.4) is 0 Å². The lowest BCUT2D eigenvalue weighted by Gasteiger charge is -2.21. The number of anilines is 1. The molecule has 1 unspecified atom stereocenters. The monoisotopic (exact) mass is 277 g/mol. The lowest BCUT2D eigenvalue weighted by molar-refractivity contribution is -0.123.